The Morgan fingerprint density at radius 1 is 1.23 bits per heavy atom. The van der Waals surface area contributed by atoms with Gasteiger partial charge in [-0.05, 0) is 56.4 Å². The van der Waals surface area contributed by atoms with Crippen molar-refractivity contribution in [3.8, 4) is 0 Å². The molecule has 1 aliphatic rings. The first-order valence-electron chi connectivity index (χ1n) is 10.6. The quantitative estimate of drug-likeness (QED) is 0.663. The zero-order valence-electron chi connectivity index (χ0n) is 18.2. The van der Waals surface area contributed by atoms with Gasteiger partial charge >= 0.3 is 0 Å². The van der Waals surface area contributed by atoms with Crippen LogP contribution in [-0.4, -0.2) is 72.4 Å². The number of benzene rings is 1. The van der Waals surface area contributed by atoms with Crippen LogP contribution < -0.4 is 5.32 Å². The highest BCUT2D eigenvalue weighted by molar-refractivity contribution is 6.30. The Labute approximate surface area is 184 Å². The van der Waals surface area contributed by atoms with E-state index in [0.717, 1.165) is 44.0 Å². The number of fused-ring (bicyclic) bond motifs is 1. The van der Waals surface area contributed by atoms with Gasteiger partial charge in [0.1, 0.15) is 0 Å². The molecule has 6 nitrogen and oxygen atoms in total. The van der Waals surface area contributed by atoms with E-state index in [1.165, 1.54) is 11.1 Å². The van der Waals surface area contributed by atoms with Gasteiger partial charge in [0, 0.05) is 38.1 Å². The Bertz CT molecular complexity index is 840. The molecular formula is C23H32ClN5O. The topological polar surface area (TPSA) is 51.7 Å². The van der Waals surface area contributed by atoms with E-state index in [4.69, 9.17) is 11.6 Å². The molecular weight excluding hydrogens is 398 g/mol. The van der Waals surface area contributed by atoms with Gasteiger partial charge in [0.05, 0.1) is 23.8 Å². The summed E-state index contributed by atoms with van der Waals surface area (Å²) in [6.45, 7) is 7.45. The van der Waals surface area contributed by atoms with Crippen LogP contribution in [0.5, 0.6) is 0 Å². The van der Waals surface area contributed by atoms with Crippen LogP contribution in [-0.2, 0) is 24.3 Å². The molecule has 3 rings (SSSR count). The first kappa shape index (κ1) is 22.5. The SMILES string of the molecule is CCN1CCc2cccc(NCC(=O)N(CCN(C)C)Cc3ccc(Cl)cn3)c2C1. The van der Waals surface area contributed by atoms with E-state index in [2.05, 4.69) is 45.2 Å². The number of halogens is 1. The predicted molar refractivity (Wildman–Crippen MR) is 123 cm³/mol. The molecule has 162 valence electrons. The Hall–Kier alpha value is -2.15. The van der Waals surface area contributed by atoms with Gasteiger partial charge in [-0.3, -0.25) is 14.7 Å². The second kappa shape index (κ2) is 10.8. The van der Waals surface area contributed by atoms with E-state index < -0.39 is 0 Å². The van der Waals surface area contributed by atoms with E-state index >= 15 is 0 Å². The van der Waals surface area contributed by atoms with Crippen molar-refractivity contribution in [1.29, 1.82) is 0 Å². The molecule has 1 aromatic heterocycles. The van der Waals surface area contributed by atoms with Crippen molar-refractivity contribution in [3.05, 3.63) is 58.4 Å². The molecule has 0 aliphatic carbocycles. The number of likely N-dealkylation sites (N-methyl/N-ethyl adjacent to an activating group) is 2. The Kier molecular flexibility index (Phi) is 8.08. The maximum atomic E-state index is 13.1. The Morgan fingerprint density at radius 3 is 2.77 bits per heavy atom. The monoisotopic (exact) mass is 429 g/mol. The lowest BCUT2D eigenvalue weighted by Crippen LogP contribution is -2.39. The van der Waals surface area contributed by atoms with E-state index in [-0.39, 0.29) is 12.5 Å². The van der Waals surface area contributed by atoms with E-state index in [9.17, 15) is 4.79 Å². The highest BCUT2D eigenvalue weighted by Crippen LogP contribution is 2.26. The second-order valence-corrected chi connectivity index (χ2v) is 8.44. The summed E-state index contributed by atoms with van der Waals surface area (Å²) in [6.07, 6.45) is 2.68. The molecule has 1 amide bonds. The first-order valence-corrected chi connectivity index (χ1v) is 10.9. The molecule has 30 heavy (non-hydrogen) atoms. The minimum Gasteiger partial charge on any atom is -0.376 e. The molecule has 0 fully saturated rings. The van der Waals surface area contributed by atoms with Crippen LogP contribution >= 0.6 is 11.6 Å². The standard InChI is InChI=1S/C23H32ClN5O/c1-4-28-11-10-18-6-5-7-22(21(18)17-28)26-15-23(30)29(13-12-27(2)3)16-20-9-8-19(24)14-25-20/h5-9,14,26H,4,10-13,15-17H2,1-3H3. The Morgan fingerprint density at radius 2 is 2.07 bits per heavy atom. The number of nitrogens with zero attached hydrogens (tertiary/aromatic N) is 4. The summed E-state index contributed by atoms with van der Waals surface area (Å²) in [6, 6.07) is 10.0. The summed E-state index contributed by atoms with van der Waals surface area (Å²) >= 11 is 5.95. The predicted octanol–water partition coefficient (Wildman–Crippen LogP) is 3.12. The highest BCUT2D eigenvalue weighted by atomic mass is 35.5. The van der Waals surface area contributed by atoms with Crippen LogP contribution in [0.15, 0.2) is 36.5 Å². The molecule has 1 aromatic carbocycles. The maximum Gasteiger partial charge on any atom is 0.242 e. The molecule has 2 heterocycles. The van der Waals surface area contributed by atoms with Gasteiger partial charge in [0.15, 0.2) is 0 Å². The lowest BCUT2D eigenvalue weighted by molar-refractivity contribution is -0.130. The first-order chi connectivity index (χ1) is 14.5. The molecule has 0 radical (unpaired) electrons. The van der Waals surface area contributed by atoms with Gasteiger partial charge in [-0.15, -0.1) is 0 Å². The van der Waals surface area contributed by atoms with Crippen LogP contribution in [0.25, 0.3) is 0 Å². The van der Waals surface area contributed by atoms with Crippen molar-refractivity contribution in [3.63, 3.8) is 0 Å². The average Bonchev–Trinajstić information content (AvgIpc) is 2.75. The third-order valence-corrected chi connectivity index (χ3v) is 5.76. The lowest BCUT2D eigenvalue weighted by Gasteiger charge is -2.30. The van der Waals surface area contributed by atoms with Crippen molar-refractivity contribution >= 4 is 23.2 Å². The molecule has 0 bridgehead atoms. The van der Waals surface area contributed by atoms with Crippen molar-refractivity contribution in [2.24, 2.45) is 0 Å². The fraction of sp³-hybridized carbons (Fsp3) is 0.478. The van der Waals surface area contributed by atoms with Gasteiger partial charge in [-0.2, -0.15) is 0 Å². The summed E-state index contributed by atoms with van der Waals surface area (Å²) in [5, 5.41) is 4.01. The maximum absolute atomic E-state index is 13.1. The van der Waals surface area contributed by atoms with Crippen molar-refractivity contribution in [1.82, 2.24) is 19.7 Å². The minimum absolute atomic E-state index is 0.0642. The number of aromatic nitrogens is 1. The van der Waals surface area contributed by atoms with Gasteiger partial charge in [0.25, 0.3) is 0 Å². The van der Waals surface area contributed by atoms with Crippen molar-refractivity contribution in [2.75, 3.05) is 52.1 Å². The van der Waals surface area contributed by atoms with Gasteiger partial charge in [-0.25, -0.2) is 0 Å². The number of amides is 1. The molecule has 1 N–H and O–H groups in total. The summed E-state index contributed by atoms with van der Waals surface area (Å²) in [5.74, 6) is 0.0642. The van der Waals surface area contributed by atoms with Crippen LogP contribution in [0.1, 0.15) is 23.7 Å². The molecule has 0 spiro atoms. The summed E-state index contributed by atoms with van der Waals surface area (Å²) in [7, 11) is 4.02. The zero-order valence-corrected chi connectivity index (χ0v) is 19.0. The molecule has 0 unspecified atom stereocenters. The van der Waals surface area contributed by atoms with Gasteiger partial charge < -0.3 is 15.1 Å². The van der Waals surface area contributed by atoms with E-state index in [1.54, 1.807) is 6.20 Å². The molecule has 7 heteroatoms. The fourth-order valence-corrected chi connectivity index (χ4v) is 3.77. The minimum atomic E-state index is 0.0642. The smallest absolute Gasteiger partial charge is 0.242 e. The normalized spacial score (nSPS) is 13.9. The summed E-state index contributed by atoms with van der Waals surface area (Å²) in [4.78, 5) is 23.8. The number of carbonyl (C=O) groups is 1. The van der Waals surface area contributed by atoms with Crippen LogP contribution in [0.4, 0.5) is 5.69 Å². The molecule has 2 aromatic rings. The second-order valence-electron chi connectivity index (χ2n) is 8.00. The van der Waals surface area contributed by atoms with Gasteiger partial charge in [-0.1, -0.05) is 30.7 Å². The molecule has 0 saturated carbocycles. The third-order valence-electron chi connectivity index (χ3n) is 5.54. The molecule has 0 atom stereocenters. The number of carbonyl (C=O) groups excluding carboxylic acids is 1. The van der Waals surface area contributed by atoms with Gasteiger partial charge in [0.2, 0.25) is 5.91 Å². The molecule has 1 aliphatic heterocycles. The fourth-order valence-electron chi connectivity index (χ4n) is 3.66. The number of hydrogen-bond donors (Lipinski definition) is 1. The lowest BCUT2D eigenvalue weighted by atomic mass is 9.98. The van der Waals surface area contributed by atoms with Crippen molar-refractivity contribution < 1.29 is 4.79 Å². The largest absolute Gasteiger partial charge is 0.376 e. The van der Waals surface area contributed by atoms with Crippen molar-refractivity contribution in [2.45, 2.75) is 26.4 Å². The number of anilines is 1. The Balaban J connectivity index is 1.67. The number of nitrogens with one attached hydrogen (secondary N) is 1. The number of rotatable bonds is 9. The summed E-state index contributed by atoms with van der Waals surface area (Å²) < 4.78 is 0. The van der Waals surface area contributed by atoms with Crippen LogP contribution in [0.3, 0.4) is 0 Å². The number of pyridine rings is 1. The van der Waals surface area contributed by atoms with Crippen LogP contribution in [0.2, 0.25) is 5.02 Å². The van der Waals surface area contributed by atoms with E-state index in [1.807, 2.05) is 31.1 Å². The average molecular weight is 430 g/mol. The highest BCUT2D eigenvalue weighted by Gasteiger charge is 2.19. The van der Waals surface area contributed by atoms with Crippen LogP contribution in [0, 0.1) is 0 Å². The number of hydrogen-bond acceptors (Lipinski definition) is 5. The zero-order chi connectivity index (χ0) is 21.5. The molecule has 0 saturated heterocycles. The third kappa shape index (κ3) is 6.17. The summed E-state index contributed by atoms with van der Waals surface area (Å²) in [5.41, 5.74) is 4.60. The van der Waals surface area contributed by atoms with E-state index in [0.29, 0.717) is 18.1 Å².